The monoisotopic (exact) mass is 220 g/mol. The van der Waals surface area contributed by atoms with Crippen LogP contribution in [-0.4, -0.2) is 0 Å². The van der Waals surface area contributed by atoms with E-state index in [0.29, 0.717) is 17.0 Å². The van der Waals surface area contributed by atoms with Gasteiger partial charge in [0.1, 0.15) is 12.1 Å². The highest BCUT2D eigenvalue weighted by atomic mass is 14.3. The van der Waals surface area contributed by atoms with Gasteiger partial charge < -0.3 is 0 Å². The number of hydrogen-bond acceptors (Lipinski definition) is 2. The van der Waals surface area contributed by atoms with Gasteiger partial charge in [-0.25, -0.2) is 0 Å². The number of rotatable bonds is 1. The summed E-state index contributed by atoms with van der Waals surface area (Å²) in [6.07, 6.45) is 0. The maximum atomic E-state index is 8.99. The highest BCUT2D eigenvalue weighted by Crippen LogP contribution is 2.24. The van der Waals surface area contributed by atoms with E-state index in [2.05, 4.69) is 38.1 Å². The van der Waals surface area contributed by atoms with Crippen LogP contribution in [0.25, 0.3) is 10.8 Å². The van der Waals surface area contributed by atoms with Crippen LogP contribution in [0.5, 0.6) is 0 Å². The fourth-order valence-corrected chi connectivity index (χ4v) is 1.86. The molecule has 0 aliphatic carbocycles. The zero-order valence-corrected chi connectivity index (χ0v) is 9.86. The lowest BCUT2D eigenvalue weighted by Gasteiger charge is -2.07. The SMILES string of the molecule is CC(C)c1ccc2cc(C#N)c(C#N)cc2c1. The topological polar surface area (TPSA) is 47.6 Å². The van der Waals surface area contributed by atoms with Crippen molar-refractivity contribution in [3.05, 3.63) is 47.0 Å². The second-order valence-electron chi connectivity index (χ2n) is 4.38. The molecule has 0 saturated heterocycles. The van der Waals surface area contributed by atoms with Gasteiger partial charge in [-0.05, 0) is 34.4 Å². The molecule has 0 bridgehead atoms. The van der Waals surface area contributed by atoms with Crippen molar-refractivity contribution in [1.29, 1.82) is 10.5 Å². The maximum Gasteiger partial charge on any atom is 0.101 e. The molecular formula is C15H12N2. The predicted octanol–water partition coefficient (Wildman–Crippen LogP) is 3.71. The standard InChI is InChI=1S/C15H12N2/c1-10(2)11-3-4-12-6-14(8-16)15(9-17)7-13(12)5-11/h3-7,10H,1-2H3. The van der Waals surface area contributed by atoms with Crippen molar-refractivity contribution in [2.75, 3.05) is 0 Å². The van der Waals surface area contributed by atoms with Crippen LogP contribution < -0.4 is 0 Å². The molecule has 0 radical (unpaired) electrons. The van der Waals surface area contributed by atoms with Gasteiger partial charge in [0.05, 0.1) is 11.1 Å². The van der Waals surface area contributed by atoms with Crippen molar-refractivity contribution in [3.8, 4) is 12.1 Å². The van der Waals surface area contributed by atoms with Crippen molar-refractivity contribution in [2.45, 2.75) is 19.8 Å². The molecule has 0 aliphatic heterocycles. The fourth-order valence-electron chi connectivity index (χ4n) is 1.86. The first kappa shape index (κ1) is 11.2. The number of hydrogen-bond donors (Lipinski definition) is 0. The van der Waals surface area contributed by atoms with Gasteiger partial charge in [-0.15, -0.1) is 0 Å². The quantitative estimate of drug-likeness (QED) is 0.735. The normalized spacial score (nSPS) is 10.2. The van der Waals surface area contributed by atoms with Gasteiger partial charge in [-0.3, -0.25) is 0 Å². The van der Waals surface area contributed by atoms with E-state index >= 15 is 0 Å². The Morgan fingerprint density at radius 3 is 2.00 bits per heavy atom. The van der Waals surface area contributed by atoms with Gasteiger partial charge in [0.15, 0.2) is 0 Å². The molecule has 0 saturated carbocycles. The van der Waals surface area contributed by atoms with E-state index in [1.807, 2.05) is 6.07 Å². The zero-order chi connectivity index (χ0) is 12.4. The van der Waals surface area contributed by atoms with Crippen molar-refractivity contribution < 1.29 is 0 Å². The molecule has 0 heterocycles. The van der Waals surface area contributed by atoms with Crippen LogP contribution in [-0.2, 0) is 0 Å². The number of nitriles is 2. The highest BCUT2D eigenvalue weighted by Gasteiger charge is 2.06. The average molecular weight is 220 g/mol. The number of fused-ring (bicyclic) bond motifs is 1. The van der Waals surface area contributed by atoms with Crippen molar-refractivity contribution in [1.82, 2.24) is 0 Å². The molecule has 0 fully saturated rings. The zero-order valence-electron chi connectivity index (χ0n) is 9.86. The molecule has 2 nitrogen and oxygen atoms in total. The molecule has 17 heavy (non-hydrogen) atoms. The third-order valence-electron chi connectivity index (χ3n) is 2.91. The summed E-state index contributed by atoms with van der Waals surface area (Å²) < 4.78 is 0. The summed E-state index contributed by atoms with van der Waals surface area (Å²) in [7, 11) is 0. The first-order chi connectivity index (χ1) is 8.15. The van der Waals surface area contributed by atoms with Gasteiger partial charge in [0.2, 0.25) is 0 Å². The fraction of sp³-hybridized carbons (Fsp3) is 0.200. The predicted molar refractivity (Wildman–Crippen MR) is 67.5 cm³/mol. The van der Waals surface area contributed by atoms with Crippen LogP contribution in [0.4, 0.5) is 0 Å². The second-order valence-corrected chi connectivity index (χ2v) is 4.38. The van der Waals surface area contributed by atoms with Crippen LogP contribution in [0.2, 0.25) is 0 Å². The molecular weight excluding hydrogens is 208 g/mol. The summed E-state index contributed by atoms with van der Waals surface area (Å²) in [5, 5.41) is 20.0. The molecule has 0 spiro atoms. The van der Waals surface area contributed by atoms with E-state index in [1.165, 1.54) is 5.56 Å². The van der Waals surface area contributed by atoms with Gasteiger partial charge >= 0.3 is 0 Å². The third kappa shape index (κ3) is 1.98. The smallest absolute Gasteiger partial charge is 0.101 e. The average Bonchev–Trinajstić information content (AvgIpc) is 2.36. The first-order valence-corrected chi connectivity index (χ1v) is 5.53. The largest absolute Gasteiger partial charge is 0.192 e. The molecule has 0 amide bonds. The number of benzene rings is 2. The summed E-state index contributed by atoms with van der Waals surface area (Å²) in [6.45, 7) is 4.27. The molecule has 2 heteroatoms. The van der Waals surface area contributed by atoms with E-state index < -0.39 is 0 Å². The minimum Gasteiger partial charge on any atom is -0.192 e. The Morgan fingerprint density at radius 1 is 0.882 bits per heavy atom. The molecule has 0 unspecified atom stereocenters. The van der Waals surface area contributed by atoms with Gasteiger partial charge in [0.25, 0.3) is 0 Å². The highest BCUT2D eigenvalue weighted by molar-refractivity contribution is 5.86. The summed E-state index contributed by atoms with van der Waals surface area (Å²) >= 11 is 0. The van der Waals surface area contributed by atoms with Crippen LogP contribution in [0.15, 0.2) is 30.3 Å². The third-order valence-corrected chi connectivity index (χ3v) is 2.91. The van der Waals surface area contributed by atoms with E-state index in [9.17, 15) is 0 Å². The lowest BCUT2D eigenvalue weighted by atomic mass is 9.96. The van der Waals surface area contributed by atoms with E-state index in [1.54, 1.807) is 12.1 Å². The van der Waals surface area contributed by atoms with Crippen LogP contribution >= 0.6 is 0 Å². The summed E-state index contributed by atoms with van der Waals surface area (Å²) in [6, 6.07) is 13.8. The molecule has 0 aromatic heterocycles. The Morgan fingerprint density at radius 2 is 1.47 bits per heavy atom. The Kier molecular flexibility index (Phi) is 2.81. The molecule has 2 aromatic rings. The van der Waals surface area contributed by atoms with Crippen molar-refractivity contribution >= 4 is 10.8 Å². The van der Waals surface area contributed by atoms with E-state index in [0.717, 1.165) is 10.8 Å². The van der Waals surface area contributed by atoms with Gasteiger partial charge in [-0.2, -0.15) is 10.5 Å². The summed E-state index contributed by atoms with van der Waals surface area (Å²) in [5.74, 6) is 0.459. The summed E-state index contributed by atoms with van der Waals surface area (Å²) in [4.78, 5) is 0. The van der Waals surface area contributed by atoms with Crippen LogP contribution in [0.1, 0.15) is 36.5 Å². The minimum absolute atomic E-state index is 0.442. The Hall–Kier alpha value is -2.32. The van der Waals surface area contributed by atoms with Crippen molar-refractivity contribution in [2.24, 2.45) is 0 Å². The molecule has 82 valence electrons. The van der Waals surface area contributed by atoms with Crippen LogP contribution in [0.3, 0.4) is 0 Å². The Balaban J connectivity index is 2.73. The first-order valence-electron chi connectivity index (χ1n) is 5.53. The molecule has 2 aromatic carbocycles. The Bertz CT molecular complexity index is 655. The number of nitrogens with zero attached hydrogens (tertiary/aromatic N) is 2. The second kappa shape index (κ2) is 4.28. The minimum atomic E-state index is 0.442. The van der Waals surface area contributed by atoms with Gasteiger partial charge in [0, 0.05) is 0 Å². The molecule has 0 aliphatic rings. The van der Waals surface area contributed by atoms with Crippen molar-refractivity contribution in [3.63, 3.8) is 0 Å². The molecule has 0 atom stereocenters. The summed E-state index contributed by atoms with van der Waals surface area (Å²) in [5.41, 5.74) is 2.13. The maximum absolute atomic E-state index is 8.99. The molecule has 2 rings (SSSR count). The lowest BCUT2D eigenvalue weighted by Crippen LogP contribution is -1.89. The van der Waals surface area contributed by atoms with E-state index in [4.69, 9.17) is 10.5 Å². The van der Waals surface area contributed by atoms with E-state index in [-0.39, 0.29) is 0 Å². The molecule has 0 N–H and O–H groups in total. The lowest BCUT2D eigenvalue weighted by molar-refractivity contribution is 0.869. The van der Waals surface area contributed by atoms with Gasteiger partial charge in [-0.1, -0.05) is 32.0 Å². The van der Waals surface area contributed by atoms with Crippen LogP contribution in [0, 0.1) is 22.7 Å². The Labute approximate surface area is 101 Å².